The Bertz CT molecular complexity index is 827. The average Bonchev–Trinajstić information content (AvgIpc) is 2.39. The maximum atomic E-state index is 11.3. The highest BCUT2D eigenvalue weighted by molar-refractivity contribution is 6.32. The molecule has 19 heavy (non-hydrogen) atoms. The summed E-state index contributed by atoms with van der Waals surface area (Å²) in [6.45, 7) is 0. The molecule has 2 aromatic carbocycles. The van der Waals surface area contributed by atoms with E-state index in [1.54, 1.807) is 6.07 Å². The lowest BCUT2D eigenvalue weighted by Crippen LogP contribution is -2.30. The smallest absolute Gasteiger partial charge is 0.336 e. The lowest BCUT2D eigenvalue weighted by atomic mass is 10.1. The van der Waals surface area contributed by atoms with E-state index in [-0.39, 0.29) is 5.56 Å². The first-order valence-electron chi connectivity index (χ1n) is 5.82. The molecule has 0 aliphatic rings. The SMILES string of the molecule is C[n+]1c2ccccc2cc2c(C(=O)O)cc(Cl)cc21. The van der Waals surface area contributed by atoms with E-state index < -0.39 is 5.97 Å². The van der Waals surface area contributed by atoms with Crippen LogP contribution in [0.1, 0.15) is 10.4 Å². The number of nitrogens with zero attached hydrogens (tertiary/aromatic N) is 1. The normalized spacial score (nSPS) is 11.1. The van der Waals surface area contributed by atoms with Gasteiger partial charge in [-0.05, 0) is 18.2 Å². The summed E-state index contributed by atoms with van der Waals surface area (Å²) in [5.41, 5.74) is 2.07. The number of aromatic carboxylic acids is 1. The Morgan fingerprint density at radius 1 is 1.16 bits per heavy atom. The van der Waals surface area contributed by atoms with E-state index in [0.29, 0.717) is 10.4 Å². The van der Waals surface area contributed by atoms with Gasteiger partial charge in [-0.25, -0.2) is 4.79 Å². The molecule has 1 heterocycles. The van der Waals surface area contributed by atoms with Crippen LogP contribution in [0.4, 0.5) is 0 Å². The van der Waals surface area contributed by atoms with Crippen molar-refractivity contribution in [3.05, 3.63) is 53.1 Å². The first-order chi connectivity index (χ1) is 9.08. The van der Waals surface area contributed by atoms with Crippen LogP contribution >= 0.6 is 11.6 Å². The fourth-order valence-corrected chi connectivity index (χ4v) is 2.62. The number of carbonyl (C=O) groups is 1. The van der Waals surface area contributed by atoms with E-state index in [1.165, 1.54) is 6.07 Å². The Balaban J connectivity index is 2.57. The topological polar surface area (TPSA) is 41.2 Å². The molecule has 0 unspecified atom stereocenters. The Kier molecular flexibility index (Phi) is 2.64. The molecule has 3 rings (SSSR count). The molecule has 3 nitrogen and oxygen atoms in total. The highest BCUT2D eigenvalue weighted by Crippen LogP contribution is 2.25. The average molecular weight is 273 g/mol. The van der Waals surface area contributed by atoms with Crippen molar-refractivity contribution in [2.75, 3.05) is 0 Å². The number of benzene rings is 2. The van der Waals surface area contributed by atoms with E-state index >= 15 is 0 Å². The third-order valence-electron chi connectivity index (χ3n) is 3.31. The summed E-state index contributed by atoms with van der Waals surface area (Å²) in [6.07, 6.45) is 0. The second kappa shape index (κ2) is 4.21. The van der Waals surface area contributed by atoms with Crippen LogP contribution in [0.5, 0.6) is 0 Å². The van der Waals surface area contributed by atoms with Crippen molar-refractivity contribution in [2.24, 2.45) is 7.05 Å². The molecule has 1 aromatic heterocycles. The standard InChI is InChI=1S/C15H10ClNO2/c1-17-13-5-3-2-4-9(13)6-11-12(15(18)19)7-10(16)8-14(11)17/h2-8H,1H3/p+1. The molecule has 4 heteroatoms. The van der Waals surface area contributed by atoms with Gasteiger partial charge in [0.05, 0.1) is 10.9 Å². The van der Waals surface area contributed by atoms with Crippen LogP contribution in [-0.4, -0.2) is 11.1 Å². The van der Waals surface area contributed by atoms with E-state index in [9.17, 15) is 9.90 Å². The molecule has 0 spiro atoms. The largest absolute Gasteiger partial charge is 0.478 e. The van der Waals surface area contributed by atoms with Gasteiger partial charge in [-0.3, -0.25) is 0 Å². The number of para-hydroxylation sites is 1. The van der Waals surface area contributed by atoms with Crippen molar-refractivity contribution in [2.45, 2.75) is 0 Å². The molecule has 0 aliphatic carbocycles. The summed E-state index contributed by atoms with van der Waals surface area (Å²) in [5.74, 6) is -0.970. The zero-order valence-corrected chi connectivity index (χ0v) is 11.0. The molecular formula is C15H11ClNO2+. The van der Waals surface area contributed by atoms with Crippen LogP contribution in [0.15, 0.2) is 42.5 Å². The summed E-state index contributed by atoms with van der Waals surface area (Å²) in [7, 11) is 1.91. The zero-order valence-electron chi connectivity index (χ0n) is 10.2. The second-order valence-electron chi connectivity index (χ2n) is 4.45. The molecule has 0 aliphatic heterocycles. The lowest BCUT2D eigenvalue weighted by Gasteiger charge is -2.05. The first-order valence-corrected chi connectivity index (χ1v) is 6.20. The summed E-state index contributed by atoms with van der Waals surface area (Å²) < 4.78 is 1.96. The number of hydrogen-bond acceptors (Lipinski definition) is 1. The van der Waals surface area contributed by atoms with Crippen molar-refractivity contribution in [3.8, 4) is 0 Å². The molecule has 0 amide bonds. The number of halogens is 1. The minimum Gasteiger partial charge on any atom is -0.478 e. The van der Waals surface area contributed by atoms with Gasteiger partial charge in [0.2, 0.25) is 11.0 Å². The fraction of sp³-hybridized carbons (Fsp3) is 0.0667. The Morgan fingerprint density at radius 3 is 2.63 bits per heavy atom. The molecule has 0 bridgehead atoms. The summed E-state index contributed by atoms with van der Waals surface area (Å²) in [4.78, 5) is 11.3. The van der Waals surface area contributed by atoms with Crippen molar-refractivity contribution in [1.29, 1.82) is 0 Å². The van der Waals surface area contributed by atoms with E-state index in [1.807, 2.05) is 41.9 Å². The minimum absolute atomic E-state index is 0.226. The molecule has 0 atom stereocenters. The van der Waals surface area contributed by atoms with Gasteiger partial charge in [-0.2, -0.15) is 4.57 Å². The minimum atomic E-state index is -0.970. The predicted molar refractivity (Wildman–Crippen MR) is 74.6 cm³/mol. The molecule has 0 saturated heterocycles. The van der Waals surface area contributed by atoms with Gasteiger partial charge in [0.25, 0.3) is 0 Å². The van der Waals surface area contributed by atoms with Gasteiger partial charge in [0.15, 0.2) is 0 Å². The number of fused-ring (bicyclic) bond motifs is 2. The molecule has 94 valence electrons. The van der Waals surface area contributed by atoms with Crippen molar-refractivity contribution < 1.29 is 14.5 Å². The van der Waals surface area contributed by atoms with Gasteiger partial charge in [-0.1, -0.05) is 23.7 Å². The Morgan fingerprint density at radius 2 is 1.89 bits per heavy atom. The van der Waals surface area contributed by atoms with Crippen molar-refractivity contribution in [1.82, 2.24) is 0 Å². The maximum absolute atomic E-state index is 11.3. The zero-order chi connectivity index (χ0) is 13.6. The van der Waals surface area contributed by atoms with E-state index in [2.05, 4.69) is 0 Å². The number of rotatable bonds is 1. The number of pyridine rings is 1. The number of aryl methyl sites for hydroxylation is 1. The number of carboxylic acid groups (broad SMARTS) is 1. The highest BCUT2D eigenvalue weighted by atomic mass is 35.5. The third-order valence-corrected chi connectivity index (χ3v) is 3.53. The second-order valence-corrected chi connectivity index (χ2v) is 4.89. The molecule has 3 aromatic rings. The third kappa shape index (κ3) is 1.83. The van der Waals surface area contributed by atoms with Gasteiger partial charge in [0, 0.05) is 22.5 Å². The number of hydrogen-bond donors (Lipinski definition) is 1. The van der Waals surface area contributed by atoms with Crippen LogP contribution in [0.3, 0.4) is 0 Å². The van der Waals surface area contributed by atoms with Gasteiger partial charge >= 0.3 is 5.97 Å². The highest BCUT2D eigenvalue weighted by Gasteiger charge is 2.18. The predicted octanol–water partition coefficient (Wildman–Crippen LogP) is 3.17. The number of carboxylic acids is 1. The van der Waals surface area contributed by atoms with Gasteiger partial charge in [0.1, 0.15) is 7.05 Å². The van der Waals surface area contributed by atoms with E-state index in [4.69, 9.17) is 11.6 Å². The van der Waals surface area contributed by atoms with Crippen LogP contribution in [0.2, 0.25) is 5.02 Å². The fourth-order valence-electron chi connectivity index (χ4n) is 2.41. The van der Waals surface area contributed by atoms with Crippen LogP contribution in [0, 0.1) is 0 Å². The van der Waals surface area contributed by atoms with Crippen LogP contribution in [0.25, 0.3) is 21.8 Å². The quantitative estimate of drug-likeness (QED) is 0.546. The molecule has 0 saturated carbocycles. The monoisotopic (exact) mass is 272 g/mol. The summed E-state index contributed by atoms with van der Waals surface area (Å²) >= 11 is 6.01. The van der Waals surface area contributed by atoms with Gasteiger partial charge < -0.3 is 5.11 Å². The van der Waals surface area contributed by atoms with Crippen molar-refractivity contribution in [3.63, 3.8) is 0 Å². The maximum Gasteiger partial charge on any atom is 0.336 e. The number of aromatic nitrogens is 1. The van der Waals surface area contributed by atoms with Crippen LogP contribution < -0.4 is 4.57 Å². The van der Waals surface area contributed by atoms with Crippen molar-refractivity contribution >= 4 is 39.4 Å². The van der Waals surface area contributed by atoms with E-state index in [0.717, 1.165) is 16.4 Å². The Hall–Kier alpha value is -2.13. The lowest BCUT2D eigenvalue weighted by molar-refractivity contribution is -0.617. The summed E-state index contributed by atoms with van der Waals surface area (Å²) in [5, 5.41) is 11.4. The summed E-state index contributed by atoms with van der Waals surface area (Å²) in [6, 6.07) is 13.0. The molecule has 0 fully saturated rings. The molecule has 1 N–H and O–H groups in total. The Labute approximate surface area is 114 Å². The van der Waals surface area contributed by atoms with Gasteiger partial charge in [-0.15, -0.1) is 0 Å². The first kappa shape index (κ1) is 11.9. The molecule has 0 radical (unpaired) electrons. The molecular weight excluding hydrogens is 262 g/mol. The van der Waals surface area contributed by atoms with Crippen LogP contribution in [-0.2, 0) is 7.05 Å².